The van der Waals surface area contributed by atoms with Crippen molar-refractivity contribution in [3.63, 3.8) is 0 Å². The maximum Gasteiger partial charge on any atom is 0.258 e. The van der Waals surface area contributed by atoms with Gasteiger partial charge in [0.2, 0.25) is 18.6 Å². The van der Waals surface area contributed by atoms with Gasteiger partial charge in [0, 0.05) is 42.8 Å². The van der Waals surface area contributed by atoms with E-state index in [1.54, 1.807) is 24.1 Å². The Hall–Kier alpha value is -4.57. The van der Waals surface area contributed by atoms with Gasteiger partial charge >= 0.3 is 0 Å². The van der Waals surface area contributed by atoms with Crippen molar-refractivity contribution in [3.8, 4) is 17.2 Å². The molecule has 3 aromatic carbocycles. The van der Waals surface area contributed by atoms with E-state index in [0.717, 1.165) is 36.8 Å². The summed E-state index contributed by atoms with van der Waals surface area (Å²) in [6.07, 6.45) is 3.16. The minimum Gasteiger partial charge on any atom is -0.497 e. The van der Waals surface area contributed by atoms with E-state index in [-0.39, 0.29) is 49.5 Å². The molecule has 10 nitrogen and oxygen atoms in total. The molecule has 3 aliphatic heterocycles. The maximum absolute atomic E-state index is 15.3. The molecular weight excluding hydrogens is 610 g/mol. The predicted octanol–water partition coefficient (Wildman–Crippen LogP) is 5.60. The fourth-order valence-electron chi connectivity index (χ4n) is 7.27. The fraction of sp³-hybridized carbons (Fsp3) is 0.447. The number of carbonyl (C=O) groups excluding carboxylic acids is 3. The Morgan fingerprint density at radius 3 is 2.38 bits per heavy atom. The molecule has 10 heteroatoms. The molecule has 48 heavy (non-hydrogen) atoms. The van der Waals surface area contributed by atoms with Crippen molar-refractivity contribution in [2.24, 2.45) is 11.8 Å². The highest BCUT2D eigenvalue weighted by atomic mass is 16.7. The summed E-state index contributed by atoms with van der Waals surface area (Å²) in [7, 11) is 1.62. The summed E-state index contributed by atoms with van der Waals surface area (Å²) in [6, 6.07) is 18.8. The number of anilines is 1. The molecule has 7 rings (SSSR count). The van der Waals surface area contributed by atoms with Crippen LogP contribution in [0.3, 0.4) is 0 Å². The molecule has 0 bridgehead atoms. The first-order chi connectivity index (χ1) is 23.4. The van der Waals surface area contributed by atoms with Gasteiger partial charge in [-0.15, -0.1) is 0 Å². The van der Waals surface area contributed by atoms with Crippen molar-refractivity contribution in [3.05, 3.63) is 83.4 Å². The molecule has 0 radical (unpaired) electrons. The van der Waals surface area contributed by atoms with E-state index in [9.17, 15) is 9.59 Å². The van der Waals surface area contributed by atoms with Crippen LogP contribution in [0.5, 0.6) is 17.2 Å². The molecule has 1 saturated carbocycles. The van der Waals surface area contributed by atoms with Gasteiger partial charge in [0.25, 0.3) is 5.91 Å². The first-order valence-electron chi connectivity index (χ1n) is 17.0. The van der Waals surface area contributed by atoms with E-state index in [1.807, 2.05) is 78.2 Å². The zero-order chi connectivity index (χ0) is 33.4. The Morgan fingerprint density at radius 1 is 0.958 bits per heavy atom. The quantitative estimate of drug-likeness (QED) is 0.342. The smallest absolute Gasteiger partial charge is 0.258 e. The number of carbonyl (C=O) groups is 3. The van der Waals surface area contributed by atoms with Gasteiger partial charge in [-0.25, -0.2) is 0 Å². The molecule has 0 N–H and O–H groups in total. The highest BCUT2D eigenvalue weighted by Gasteiger charge is 2.50. The highest BCUT2D eigenvalue weighted by Crippen LogP contribution is 2.50. The zero-order valence-corrected chi connectivity index (χ0v) is 27.8. The lowest BCUT2D eigenvalue weighted by molar-refractivity contribution is -0.151. The Kier molecular flexibility index (Phi) is 9.00. The second kappa shape index (κ2) is 13.5. The van der Waals surface area contributed by atoms with Crippen LogP contribution in [0.4, 0.5) is 5.69 Å². The van der Waals surface area contributed by atoms with Gasteiger partial charge < -0.3 is 33.6 Å². The van der Waals surface area contributed by atoms with E-state index in [4.69, 9.17) is 18.9 Å². The van der Waals surface area contributed by atoms with Crippen molar-refractivity contribution in [1.29, 1.82) is 0 Å². The van der Waals surface area contributed by atoms with Crippen molar-refractivity contribution in [2.45, 2.75) is 64.2 Å². The normalized spacial score (nSPS) is 22.5. The molecule has 0 unspecified atom stereocenters. The first kappa shape index (κ1) is 32.0. The number of ether oxygens (including phenoxy) is 4. The van der Waals surface area contributed by atoms with E-state index >= 15 is 4.79 Å². The summed E-state index contributed by atoms with van der Waals surface area (Å²) in [5.41, 5.74) is 2.86. The van der Waals surface area contributed by atoms with Crippen molar-refractivity contribution < 1.29 is 33.3 Å². The summed E-state index contributed by atoms with van der Waals surface area (Å²) in [6.45, 7) is 5.53. The van der Waals surface area contributed by atoms with E-state index in [1.165, 1.54) is 0 Å². The number of fused-ring (bicyclic) bond motifs is 4. The van der Waals surface area contributed by atoms with Crippen molar-refractivity contribution in [1.82, 2.24) is 9.80 Å². The Morgan fingerprint density at radius 2 is 1.69 bits per heavy atom. The molecule has 2 fully saturated rings. The standard InChI is InChI=1S/C38H43N3O7/c1-24(2)34-38(44)40(21-25-11-15-28(45-3)16-12-25)35-29-19-32-33(48-23-47-32)20-30(29)41(37(43)26-9-5-4-6-10-26)31(35)22-46-18-8-7-17-39(34)36(42)27-13-14-27/h4-6,9-12,15-16,19-20,24,27,31,34-35H,7-8,13-14,17-18,21-23H2,1-3H3/t31-,34+,35+/m1/s1. The number of hydrogen-bond donors (Lipinski definition) is 0. The van der Waals surface area contributed by atoms with Gasteiger partial charge in [0.15, 0.2) is 11.5 Å². The summed E-state index contributed by atoms with van der Waals surface area (Å²) in [5, 5.41) is 0. The molecular formula is C38H43N3O7. The molecule has 0 aromatic heterocycles. The van der Waals surface area contributed by atoms with Gasteiger partial charge in [-0.2, -0.15) is 0 Å². The lowest BCUT2D eigenvalue weighted by atomic mass is 9.94. The molecule has 3 amide bonds. The number of nitrogens with zero attached hydrogens (tertiary/aromatic N) is 3. The van der Waals surface area contributed by atoms with Crippen LogP contribution in [0.25, 0.3) is 0 Å². The third kappa shape index (κ3) is 6.09. The lowest BCUT2D eigenvalue weighted by Crippen LogP contribution is -2.57. The molecule has 252 valence electrons. The monoisotopic (exact) mass is 653 g/mol. The van der Waals surface area contributed by atoms with E-state index < -0.39 is 18.1 Å². The van der Waals surface area contributed by atoms with Crippen LogP contribution in [0.2, 0.25) is 0 Å². The average Bonchev–Trinajstić information content (AvgIpc) is 3.78. The minimum absolute atomic E-state index is 0.0306. The summed E-state index contributed by atoms with van der Waals surface area (Å²) >= 11 is 0. The molecule has 3 heterocycles. The minimum atomic E-state index is -0.673. The van der Waals surface area contributed by atoms with Crippen molar-refractivity contribution in [2.75, 3.05) is 38.6 Å². The van der Waals surface area contributed by atoms with Crippen LogP contribution in [-0.2, 0) is 20.9 Å². The molecule has 1 saturated heterocycles. The average molecular weight is 654 g/mol. The Labute approximate surface area is 281 Å². The van der Waals surface area contributed by atoms with Crippen LogP contribution >= 0.6 is 0 Å². The third-order valence-corrected chi connectivity index (χ3v) is 9.82. The predicted molar refractivity (Wildman–Crippen MR) is 179 cm³/mol. The van der Waals surface area contributed by atoms with Crippen LogP contribution in [0.15, 0.2) is 66.7 Å². The second-order valence-corrected chi connectivity index (χ2v) is 13.4. The Bertz CT molecular complexity index is 1660. The van der Waals surface area contributed by atoms with Crippen LogP contribution in [-0.4, -0.2) is 73.3 Å². The molecule has 3 atom stereocenters. The zero-order valence-electron chi connectivity index (χ0n) is 27.8. The number of methoxy groups -OCH3 is 1. The highest BCUT2D eigenvalue weighted by molar-refractivity contribution is 6.08. The molecule has 0 spiro atoms. The topological polar surface area (TPSA) is 97.9 Å². The van der Waals surface area contributed by atoms with Crippen LogP contribution in [0, 0.1) is 11.8 Å². The summed E-state index contributed by atoms with van der Waals surface area (Å²) in [5.74, 6) is 1.36. The summed E-state index contributed by atoms with van der Waals surface area (Å²) in [4.78, 5) is 49.1. The van der Waals surface area contributed by atoms with Gasteiger partial charge in [-0.3, -0.25) is 14.4 Å². The number of rotatable bonds is 6. The Balaban J connectivity index is 1.40. The second-order valence-electron chi connectivity index (χ2n) is 13.4. The number of benzene rings is 3. The molecule has 3 aromatic rings. The summed E-state index contributed by atoms with van der Waals surface area (Å²) < 4.78 is 23.4. The lowest BCUT2D eigenvalue weighted by Gasteiger charge is -2.42. The first-order valence-corrected chi connectivity index (χ1v) is 17.0. The van der Waals surface area contributed by atoms with Crippen LogP contribution in [0.1, 0.15) is 67.1 Å². The largest absolute Gasteiger partial charge is 0.497 e. The fourth-order valence-corrected chi connectivity index (χ4v) is 7.27. The van der Waals surface area contributed by atoms with Gasteiger partial charge in [-0.05, 0) is 67.5 Å². The number of amides is 3. The van der Waals surface area contributed by atoms with Gasteiger partial charge in [0.05, 0.1) is 31.5 Å². The van der Waals surface area contributed by atoms with Gasteiger partial charge in [-0.1, -0.05) is 44.2 Å². The third-order valence-electron chi connectivity index (χ3n) is 9.82. The molecule has 1 aliphatic carbocycles. The van der Waals surface area contributed by atoms with Gasteiger partial charge in [0.1, 0.15) is 11.8 Å². The maximum atomic E-state index is 15.3. The SMILES string of the molecule is COc1ccc(CN2C(=O)[C@H](C(C)C)N(C(=O)C3CC3)CCCCOC[C@@H]3[C@@H]2c2cc4c(cc2N3C(=O)c2ccccc2)OCO4)cc1. The van der Waals surface area contributed by atoms with Crippen LogP contribution < -0.4 is 19.1 Å². The van der Waals surface area contributed by atoms with E-state index in [0.29, 0.717) is 41.7 Å². The molecule has 4 aliphatic rings. The number of hydrogen-bond acceptors (Lipinski definition) is 7. The van der Waals surface area contributed by atoms with E-state index in [2.05, 4.69) is 0 Å². The van der Waals surface area contributed by atoms with Crippen molar-refractivity contribution >= 4 is 23.4 Å².